The minimum absolute atomic E-state index is 0.537. The summed E-state index contributed by atoms with van der Waals surface area (Å²) in [5, 5.41) is 1.27. The van der Waals surface area contributed by atoms with Crippen molar-refractivity contribution < 1.29 is 4.42 Å². The predicted octanol–water partition coefficient (Wildman–Crippen LogP) is 3.69. The van der Waals surface area contributed by atoms with Crippen LogP contribution in [0.1, 0.15) is 26.7 Å². The highest BCUT2D eigenvalue weighted by atomic mass is 32.2. The monoisotopic (exact) mass is 236 g/mol. The SMILES string of the molecule is CCCC(C)Sc1nc2cc(N)ccc2o1. The van der Waals surface area contributed by atoms with E-state index >= 15 is 0 Å². The average Bonchev–Trinajstić information content (AvgIpc) is 2.59. The van der Waals surface area contributed by atoms with Crippen LogP contribution in [0.2, 0.25) is 0 Å². The highest BCUT2D eigenvalue weighted by Crippen LogP contribution is 2.29. The van der Waals surface area contributed by atoms with E-state index in [2.05, 4.69) is 18.8 Å². The number of nitrogens with zero attached hydrogens (tertiary/aromatic N) is 1. The Kier molecular flexibility index (Phi) is 3.39. The molecule has 2 N–H and O–H groups in total. The van der Waals surface area contributed by atoms with Gasteiger partial charge in [-0.15, -0.1) is 0 Å². The van der Waals surface area contributed by atoms with E-state index in [1.165, 1.54) is 12.8 Å². The molecule has 1 heterocycles. The molecule has 0 bridgehead atoms. The van der Waals surface area contributed by atoms with Crippen molar-refractivity contribution >= 4 is 28.5 Å². The Labute approximate surface area is 99.4 Å². The second-order valence-corrected chi connectivity index (χ2v) is 5.31. The zero-order chi connectivity index (χ0) is 11.5. The predicted molar refractivity (Wildman–Crippen MR) is 68.6 cm³/mol. The van der Waals surface area contributed by atoms with Crippen LogP contribution in [0.5, 0.6) is 0 Å². The number of anilines is 1. The minimum atomic E-state index is 0.537. The maximum atomic E-state index is 5.69. The Morgan fingerprint density at radius 1 is 1.50 bits per heavy atom. The lowest BCUT2D eigenvalue weighted by Gasteiger charge is -2.04. The number of nitrogens with two attached hydrogens (primary N) is 1. The molecule has 2 rings (SSSR count). The fourth-order valence-corrected chi connectivity index (χ4v) is 2.60. The fourth-order valence-electron chi connectivity index (χ4n) is 1.61. The maximum absolute atomic E-state index is 5.69. The van der Waals surface area contributed by atoms with E-state index in [0.717, 1.165) is 22.0 Å². The number of hydrogen-bond donors (Lipinski definition) is 1. The van der Waals surface area contributed by atoms with Gasteiger partial charge < -0.3 is 10.2 Å². The molecule has 0 aliphatic heterocycles. The number of nitrogen functional groups attached to an aromatic ring is 1. The Morgan fingerprint density at radius 2 is 2.31 bits per heavy atom. The summed E-state index contributed by atoms with van der Waals surface area (Å²) in [6.07, 6.45) is 2.35. The van der Waals surface area contributed by atoms with Crippen LogP contribution in [0.25, 0.3) is 11.1 Å². The maximum Gasteiger partial charge on any atom is 0.256 e. The molecule has 0 aliphatic carbocycles. The summed E-state index contributed by atoms with van der Waals surface area (Å²) in [5.41, 5.74) is 8.06. The first-order valence-corrected chi connectivity index (χ1v) is 6.39. The van der Waals surface area contributed by atoms with Crippen LogP contribution in [0.15, 0.2) is 27.8 Å². The third kappa shape index (κ3) is 2.50. The standard InChI is InChI=1S/C12H16N2OS/c1-3-4-8(2)16-12-14-10-7-9(13)5-6-11(10)15-12/h5-8H,3-4,13H2,1-2H3. The lowest BCUT2D eigenvalue weighted by Crippen LogP contribution is -1.93. The zero-order valence-corrected chi connectivity index (χ0v) is 10.4. The molecule has 0 amide bonds. The molecular weight excluding hydrogens is 220 g/mol. The molecule has 2 aromatic rings. The quantitative estimate of drug-likeness (QED) is 0.649. The molecule has 4 heteroatoms. The molecule has 1 atom stereocenters. The summed E-state index contributed by atoms with van der Waals surface area (Å²) in [7, 11) is 0. The van der Waals surface area contributed by atoms with Crippen molar-refractivity contribution in [2.75, 3.05) is 5.73 Å². The van der Waals surface area contributed by atoms with Gasteiger partial charge in [0, 0.05) is 10.9 Å². The van der Waals surface area contributed by atoms with E-state index in [1.807, 2.05) is 18.2 Å². The first-order valence-electron chi connectivity index (χ1n) is 5.51. The van der Waals surface area contributed by atoms with E-state index in [-0.39, 0.29) is 0 Å². The molecule has 0 saturated carbocycles. The van der Waals surface area contributed by atoms with Crippen LogP contribution in [-0.2, 0) is 0 Å². The van der Waals surface area contributed by atoms with Crippen molar-refractivity contribution in [3.05, 3.63) is 18.2 Å². The lowest BCUT2D eigenvalue weighted by molar-refractivity contribution is 0.488. The number of aromatic nitrogens is 1. The van der Waals surface area contributed by atoms with E-state index in [4.69, 9.17) is 10.2 Å². The highest BCUT2D eigenvalue weighted by molar-refractivity contribution is 7.99. The van der Waals surface area contributed by atoms with Gasteiger partial charge in [-0.1, -0.05) is 32.0 Å². The fraction of sp³-hybridized carbons (Fsp3) is 0.417. The smallest absolute Gasteiger partial charge is 0.256 e. The van der Waals surface area contributed by atoms with E-state index < -0.39 is 0 Å². The first kappa shape index (κ1) is 11.3. The Morgan fingerprint density at radius 3 is 3.06 bits per heavy atom. The average molecular weight is 236 g/mol. The van der Waals surface area contributed by atoms with E-state index in [1.54, 1.807) is 11.8 Å². The van der Waals surface area contributed by atoms with E-state index in [0.29, 0.717) is 5.25 Å². The Balaban J connectivity index is 2.19. The van der Waals surface area contributed by atoms with Crippen LogP contribution < -0.4 is 5.73 Å². The highest BCUT2D eigenvalue weighted by Gasteiger charge is 2.10. The normalized spacial score (nSPS) is 13.1. The molecular formula is C12H16N2OS. The van der Waals surface area contributed by atoms with Gasteiger partial charge in [-0.25, -0.2) is 4.98 Å². The molecule has 0 saturated heterocycles. The molecule has 3 nitrogen and oxygen atoms in total. The molecule has 1 aromatic heterocycles. The molecule has 1 unspecified atom stereocenters. The van der Waals surface area contributed by atoms with Gasteiger partial charge in [-0.05, 0) is 24.6 Å². The van der Waals surface area contributed by atoms with Gasteiger partial charge >= 0.3 is 0 Å². The summed E-state index contributed by atoms with van der Waals surface area (Å²) in [6.45, 7) is 4.38. The van der Waals surface area contributed by atoms with Crippen LogP contribution in [-0.4, -0.2) is 10.2 Å². The molecule has 1 aromatic carbocycles. The van der Waals surface area contributed by atoms with Gasteiger partial charge in [0.15, 0.2) is 5.58 Å². The number of thioether (sulfide) groups is 1. The zero-order valence-electron chi connectivity index (χ0n) is 9.56. The lowest BCUT2D eigenvalue weighted by atomic mass is 10.3. The van der Waals surface area contributed by atoms with Crippen molar-refractivity contribution in [2.24, 2.45) is 0 Å². The van der Waals surface area contributed by atoms with Crippen LogP contribution in [0.4, 0.5) is 5.69 Å². The van der Waals surface area contributed by atoms with Crippen molar-refractivity contribution in [1.29, 1.82) is 0 Å². The largest absolute Gasteiger partial charge is 0.431 e. The van der Waals surface area contributed by atoms with Crippen LogP contribution >= 0.6 is 11.8 Å². The number of rotatable bonds is 4. The van der Waals surface area contributed by atoms with Gasteiger partial charge in [-0.3, -0.25) is 0 Å². The second kappa shape index (κ2) is 4.78. The van der Waals surface area contributed by atoms with Gasteiger partial charge in [0.1, 0.15) is 5.52 Å². The number of hydrogen-bond acceptors (Lipinski definition) is 4. The number of benzene rings is 1. The summed E-state index contributed by atoms with van der Waals surface area (Å²) >= 11 is 1.68. The molecule has 16 heavy (non-hydrogen) atoms. The van der Waals surface area contributed by atoms with Crippen molar-refractivity contribution in [2.45, 2.75) is 37.2 Å². The summed E-state index contributed by atoms with van der Waals surface area (Å²) in [5.74, 6) is 0. The molecule has 0 fully saturated rings. The molecule has 0 radical (unpaired) electrons. The van der Waals surface area contributed by atoms with Gasteiger partial charge in [0.2, 0.25) is 0 Å². The van der Waals surface area contributed by atoms with Gasteiger partial charge in [0.05, 0.1) is 0 Å². The topological polar surface area (TPSA) is 52.0 Å². The van der Waals surface area contributed by atoms with Crippen molar-refractivity contribution in [3.8, 4) is 0 Å². The molecule has 0 spiro atoms. The third-order valence-electron chi connectivity index (χ3n) is 2.39. The number of fused-ring (bicyclic) bond motifs is 1. The minimum Gasteiger partial charge on any atom is -0.431 e. The molecule has 86 valence electrons. The van der Waals surface area contributed by atoms with Crippen LogP contribution in [0, 0.1) is 0 Å². The number of oxazole rings is 1. The third-order valence-corrected chi connectivity index (χ3v) is 3.40. The van der Waals surface area contributed by atoms with Crippen molar-refractivity contribution in [3.63, 3.8) is 0 Å². The molecule has 0 aliphatic rings. The second-order valence-electron chi connectivity index (χ2n) is 3.92. The van der Waals surface area contributed by atoms with Gasteiger partial charge in [-0.2, -0.15) is 0 Å². The van der Waals surface area contributed by atoms with Gasteiger partial charge in [0.25, 0.3) is 5.22 Å². The van der Waals surface area contributed by atoms with Crippen LogP contribution in [0.3, 0.4) is 0 Å². The van der Waals surface area contributed by atoms with Crippen molar-refractivity contribution in [1.82, 2.24) is 4.98 Å². The first-order chi connectivity index (χ1) is 7.69. The summed E-state index contributed by atoms with van der Waals surface area (Å²) in [6, 6.07) is 5.54. The Hall–Kier alpha value is -1.16. The van der Waals surface area contributed by atoms with E-state index in [9.17, 15) is 0 Å². The summed E-state index contributed by atoms with van der Waals surface area (Å²) in [4.78, 5) is 4.41. The Bertz CT molecular complexity index is 481. The summed E-state index contributed by atoms with van der Waals surface area (Å²) < 4.78 is 5.64.